The number of hydrogen-bond donors (Lipinski definition) is 13. The molecule has 0 radical (unpaired) electrons. The van der Waals surface area contributed by atoms with E-state index in [0.717, 1.165) is 27.1 Å². The van der Waals surface area contributed by atoms with E-state index in [9.17, 15) is 63.3 Å². The third-order valence-corrected chi connectivity index (χ3v) is 13.2. The van der Waals surface area contributed by atoms with Crippen molar-refractivity contribution in [1.82, 2.24) is 47.2 Å². The molecule has 4 rings (SSSR count). The Bertz CT molecular complexity index is 2470. The van der Waals surface area contributed by atoms with Gasteiger partial charge in [-0.1, -0.05) is 55.0 Å². The molecule has 0 aliphatic heterocycles. The van der Waals surface area contributed by atoms with Gasteiger partial charge in [-0.25, -0.2) is 19.9 Å². The number of unbranched alkanes of at least 4 members (excludes halogenated alkanes) is 1. The summed E-state index contributed by atoms with van der Waals surface area (Å²) in [5, 5.41) is 74.9. The first-order valence-corrected chi connectivity index (χ1v) is 25.9. The van der Waals surface area contributed by atoms with Gasteiger partial charge < -0.3 is 62.5 Å². The molecule has 0 spiro atoms. The Kier molecular flexibility index (Phi) is 27.1. The lowest BCUT2D eigenvalue weighted by atomic mass is 9.81. The molecule has 3 atom stereocenters. The minimum Gasteiger partial charge on any atom is -0.481 e. The van der Waals surface area contributed by atoms with Crippen LogP contribution in [0.1, 0.15) is 69.8 Å². The van der Waals surface area contributed by atoms with E-state index in [2.05, 4.69) is 37.4 Å². The van der Waals surface area contributed by atoms with E-state index in [-0.39, 0.29) is 135 Å². The predicted octanol–water partition coefficient (Wildman–Crippen LogP) is 0.659. The van der Waals surface area contributed by atoms with Crippen LogP contribution < -0.4 is 37.4 Å². The smallest absolute Gasteiger partial charge is 0.326 e. The molecule has 3 aromatic carbocycles. The summed E-state index contributed by atoms with van der Waals surface area (Å²) < 4.78 is 0. The van der Waals surface area contributed by atoms with E-state index in [1.54, 1.807) is 9.80 Å². The molecule has 1 aliphatic carbocycles. The van der Waals surface area contributed by atoms with Crippen molar-refractivity contribution in [3.05, 3.63) is 60.2 Å². The Morgan fingerprint density at radius 1 is 0.590 bits per heavy atom. The van der Waals surface area contributed by atoms with Gasteiger partial charge in [-0.05, 0) is 90.5 Å². The van der Waals surface area contributed by atoms with Crippen molar-refractivity contribution in [2.24, 2.45) is 11.8 Å². The summed E-state index contributed by atoms with van der Waals surface area (Å²) in [4.78, 5) is 131. The van der Waals surface area contributed by atoms with Gasteiger partial charge in [0.1, 0.15) is 18.1 Å². The molecule has 0 aromatic heterocycles. The van der Waals surface area contributed by atoms with Crippen LogP contribution in [0.5, 0.6) is 0 Å². The van der Waals surface area contributed by atoms with Crippen LogP contribution in [0.4, 0.5) is 4.79 Å². The first-order valence-electron chi connectivity index (χ1n) is 25.9. The first kappa shape index (κ1) is 63.0. The van der Waals surface area contributed by atoms with Crippen molar-refractivity contribution < 1.29 is 83.4 Å². The lowest BCUT2D eigenvalue weighted by Gasteiger charge is -2.30. The maximum Gasteiger partial charge on any atom is 0.326 e. The fourth-order valence-corrected chi connectivity index (χ4v) is 9.11. The molecule has 428 valence electrons. The van der Waals surface area contributed by atoms with Crippen LogP contribution in [-0.4, -0.2) is 197 Å². The minimum absolute atomic E-state index is 0.0122. The lowest BCUT2D eigenvalue weighted by Crippen LogP contribution is -2.51. The number of amides is 5. The summed E-state index contributed by atoms with van der Waals surface area (Å²) >= 11 is 0. The van der Waals surface area contributed by atoms with Crippen molar-refractivity contribution >= 4 is 81.1 Å². The van der Waals surface area contributed by atoms with E-state index >= 15 is 0 Å². The topological polar surface area (TPSA) is 392 Å². The van der Waals surface area contributed by atoms with Crippen LogP contribution in [0.15, 0.2) is 54.6 Å². The van der Waals surface area contributed by atoms with Crippen molar-refractivity contribution in [2.45, 2.75) is 88.8 Å². The normalized spacial score (nSPS) is 15.5. The molecular weight excluding hydrogens is 1020 g/mol. The second-order valence-electron chi connectivity index (χ2n) is 19.2. The molecule has 26 nitrogen and oxygen atoms in total. The van der Waals surface area contributed by atoms with Gasteiger partial charge >= 0.3 is 41.8 Å². The molecule has 13 N–H and O–H groups in total. The molecule has 0 heterocycles. The number of carbonyl (C=O) groups excluding carboxylic acids is 4. The number of hydroxylamine groups is 1. The highest BCUT2D eigenvalue weighted by Crippen LogP contribution is 2.31. The number of urea groups is 1. The van der Waals surface area contributed by atoms with Crippen LogP contribution in [0.3, 0.4) is 0 Å². The number of rotatable bonds is 38. The molecule has 1 aliphatic rings. The van der Waals surface area contributed by atoms with Gasteiger partial charge in [0.15, 0.2) is 0 Å². The summed E-state index contributed by atoms with van der Waals surface area (Å²) in [6.45, 7) is 0.570. The Labute approximate surface area is 449 Å². The number of carboxylic acids is 6. The number of aliphatic carboxylic acids is 6. The Balaban J connectivity index is 1.35. The minimum atomic E-state index is -1.46. The fraction of sp³-hybridized carbons (Fsp3) is 0.538. The zero-order valence-corrected chi connectivity index (χ0v) is 43.4. The maximum atomic E-state index is 14.1. The maximum absolute atomic E-state index is 14.1. The zero-order valence-electron chi connectivity index (χ0n) is 43.4. The quantitative estimate of drug-likeness (QED) is 0.0213. The number of carboxylic acid groups (broad SMARTS) is 6. The van der Waals surface area contributed by atoms with E-state index in [1.807, 2.05) is 54.6 Å². The monoisotopic (exact) mass is 1100 g/mol. The molecule has 1 saturated carbocycles. The molecule has 78 heavy (non-hydrogen) atoms. The third kappa shape index (κ3) is 23.4. The summed E-state index contributed by atoms with van der Waals surface area (Å²) in [6, 6.07) is 12.3. The van der Waals surface area contributed by atoms with Crippen molar-refractivity contribution in [1.29, 1.82) is 0 Å². The summed E-state index contributed by atoms with van der Waals surface area (Å²) in [6.07, 6.45) is 2.09. The first-order chi connectivity index (χ1) is 37.3. The number of hydrogen-bond acceptors (Lipinski definition) is 15. The second-order valence-corrected chi connectivity index (χ2v) is 19.2. The Hall–Kier alpha value is -7.52. The molecule has 0 unspecified atom stereocenters. The van der Waals surface area contributed by atoms with Crippen molar-refractivity contribution in [2.75, 3.05) is 78.6 Å². The summed E-state index contributed by atoms with van der Waals surface area (Å²) in [7, 11) is 0. The van der Waals surface area contributed by atoms with Crippen molar-refractivity contribution in [3.63, 3.8) is 0 Å². The van der Waals surface area contributed by atoms with Crippen LogP contribution >= 0.6 is 0 Å². The number of fused-ring (bicyclic) bond motifs is 2. The third-order valence-electron chi connectivity index (χ3n) is 13.2. The highest BCUT2D eigenvalue weighted by atomic mass is 16.7. The number of nitrogens with zero attached hydrogens (tertiary/aromatic N) is 2. The van der Waals surface area contributed by atoms with Gasteiger partial charge in [-0.15, -0.1) is 0 Å². The van der Waals surface area contributed by atoms with Gasteiger partial charge in [-0.2, -0.15) is 0 Å². The largest absolute Gasteiger partial charge is 0.481 e. The van der Waals surface area contributed by atoms with Crippen LogP contribution in [0.2, 0.25) is 0 Å². The van der Waals surface area contributed by atoms with Crippen LogP contribution in [0, 0.1) is 11.8 Å². The standard InChI is InChI=1S/C52H73N9O17/c62-43(31-60(21-19-53-29-45(65)66)23-24-61(32-47(69)70)22-20-54-30-46(67)68)55-28-33-15-17-34(18-16-33)48(71)56-42(27-39-37-10-3-1-8-35(37)26-36-9-2-4-11-38(36)39)49(72)59-78-25-7-13-41(51(75)76)58-52(77)57-40(50(73)74)12-5-6-14-44(63)64/h1-4,8-11,26,33-34,40-42,53-54H,5-7,12-25,27-32H2,(H,55,62)(H,56,71)(H,59,72)(H,63,64)(H,65,66)(H,67,68)(H,69,70)(H,73,74)(H,75,76)(H2,57,58,77)/t33?,34?,40-,41-,42-/m0/s1. The van der Waals surface area contributed by atoms with Gasteiger partial charge in [0.25, 0.3) is 5.91 Å². The van der Waals surface area contributed by atoms with E-state index in [0.29, 0.717) is 32.2 Å². The van der Waals surface area contributed by atoms with Crippen molar-refractivity contribution in [3.8, 4) is 0 Å². The molecule has 26 heteroatoms. The van der Waals surface area contributed by atoms with Gasteiger partial charge in [0.05, 0.1) is 32.8 Å². The van der Waals surface area contributed by atoms with Gasteiger partial charge in [0.2, 0.25) is 11.8 Å². The fourth-order valence-electron chi connectivity index (χ4n) is 9.11. The zero-order chi connectivity index (χ0) is 57.0. The average molecular weight is 1100 g/mol. The van der Waals surface area contributed by atoms with E-state index in [1.165, 1.54) is 0 Å². The Morgan fingerprint density at radius 2 is 1.13 bits per heavy atom. The molecular formula is C52H73N9O17. The highest BCUT2D eigenvalue weighted by Gasteiger charge is 2.31. The molecule has 5 amide bonds. The van der Waals surface area contributed by atoms with Crippen LogP contribution in [-0.2, 0) is 54.4 Å². The van der Waals surface area contributed by atoms with Gasteiger partial charge in [-0.3, -0.25) is 48.2 Å². The predicted molar refractivity (Wildman–Crippen MR) is 281 cm³/mol. The summed E-state index contributed by atoms with van der Waals surface area (Å²) in [5.74, 6) is -8.83. The summed E-state index contributed by atoms with van der Waals surface area (Å²) in [5.41, 5.74) is 3.21. The van der Waals surface area contributed by atoms with Gasteiger partial charge in [0, 0.05) is 64.6 Å². The Morgan fingerprint density at radius 3 is 1.65 bits per heavy atom. The van der Waals surface area contributed by atoms with E-state index < -0.39 is 71.8 Å². The number of carbonyl (C=O) groups is 10. The van der Waals surface area contributed by atoms with E-state index in [4.69, 9.17) is 20.2 Å². The molecule has 3 aromatic rings. The number of benzene rings is 3. The lowest BCUT2D eigenvalue weighted by molar-refractivity contribution is -0.141. The molecule has 0 saturated heterocycles. The van der Waals surface area contributed by atoms with Crippen LogP contribution in [0.25, 0.3) is 21.5 Å². The second kappa shape index (κ2) is 33.6. The SMILES string of the molecule is O=C(O)CCCC[C@H](NC(=O)N[C@@H](CCCONC(=O)[C@H](Cc1c2ccccc2cc2ccccc12)NC(=O)C1CCC(CNC(=O)CN(CCNCC(=O)O)CCN(CCNCC(=O)O)CC(=O)O)CC1)C(=O)O)C(=O)O. The number of nitrogens with one attached hydrogen (secondary N) is 7. The molecule has 1 fully saturated rings. The highest BCUT2D eigenvalue weighted by molar-refractivity contribution is 6.03. The molecule has 0 bridgehead atoms. The average Bonchev–Trinajstić information content (AvgIpc) is 3.39.